The number of aromatic nitrogens is 1. The smallest absolute Gasteiger partial charge is 0.416 e. The lowest BCUT2D eigenvalue weighted by Crippen LogP contribution is -2.33. The number of cyclic esters (lactones) is 1. The molecule has 0 N–H and O–H groups in total. The summed E-state index contributed by atoms with van der Waals surface area (Å²) in [5, 5.41) is 0.129. The van der Waals surface area contributed by atoms with Gasteiger partial charge in [0.15, 0.2) is 0 Å². The molecule has 4 rings (SSSR count). The van der Waals surface area contributed by atoms with Gasteiger partial charge < -0.3 is 4.74 Å². The lowest BCUT2D eigenvalue weighted by Gasteiger charge is -2.23. The minimum absolute atomic E-state index is 0.0338. The Kier molecular flexibility index (Phi) is 5.15. The van der Waals surface area contributed by atoms with E-state index in [4.69, 9.17) is 24.2 Å². The van der Waals surface area contributed by atoms with Gasteiger partial charge in [-0.2, -0.15) is 26.3 Å². The van der Waals surface area contributed by atoms with Crippen LogP contribution in [0.25, 0.3) is 0 Å². The highest BCUT2D eigenvalue weighted by atomic mass is 35.5. The van der Waals surface area contributed by atoms with Gasteiger partial charge in [0.2, 0.25) is 0 Å². The van der Waals surface area contributed by atoms with Gasteiger partial charge in [-0.15, -0.1) is 0 Å². The molecule has 162 valence electrons. The van der Waals surface area contributed by atoms with Crippen molar-refractivity contribution in [3.8, 4) is 0 Å². The second kappa shape index (κ2) is 7.32. The van der Waals surface area contributed by atoms with Crippen molar-refractivity contribution in [3.63, 3.8) is 0 Å². The molecule has 0 aliphatic carbocycles. The van der Waals surface area contributed by atoms with Gasteiger partial charge in [-0.1, -0.05) is 23.1 Å². The Hall–Kier alpha value is -2.43. The zero-order valence-corrected chi connectivity index (χ0v) is 16.2. The SMILES string of the molecule is [B]c1ccc(Cl)nc1[C@@H]1CC[C@H]2[C@@H](c3cc(C(F)(F)F)cc(C(F)(F)F)c3)OC(=O)N12. The molecular formula is C19H12BClF6N2O2. The summed E-state index contributed by atoms with van der Waals surface area (Å²) in [6.07, 6.45) is -11.6. The Morgan fingerprint density at radius 2 is 1.65 bits per heavy atom. The van der Waals surface area contributed by atoms with E-state index in [1.54, 1.807) is 0 Å². The molecule has 2 aromatic rings. The molecule has 1 aromatic carbocycles. The first kappa shape index (κ1) is 21.8. The molecule has 4 nitrogen and oxygen atoms in total. The number of fused-ring (bicyclic) bond motifs is 1. The van der Waals surface area contributed by atoms with Crippen LogP contribution in [-0.4, -0.2) is 29.9 Å². The van der Waals surface area contributed by atoms with E-state index in [-0.39, 0.29) is 28.7 Å². The summed E-state index contributed by atoms with van der Waals surface area (Å²) in [4.78, 5) is 17.9. The molecule has 2 saturated heterocycles. The highest BCUT2D eigenvalue weighted by Crippen LogP contribution is 2.48. The third kappa shape index (κ3) is 3.95. The van der Waals surface area contributed by atoms with Crippen LogP contribution in [0, 0.1) is 0 Å². The van der Waals surface area contributed by atoms with E-state index in [1.165, 1.54) is 17.0 Å². The van der Waals surface area contributed by atoms with Crippen molar-refractivity contribution in [2.24, 2.45) is 0 Å². The number of amides is 1. The minimum Gasteiger partial charge on any atom is -0.439 e. The van der Waals surface area contributed by atoms with Crippen molar-refractivity contribution in [3.05, 3.63) is 57.9 Å². The largest absolute Gasteiger partial charge is 0.439 e. The minimum atomic E-state index is -5.00. The molecule has 2 aliphatic heterocycles. The number of nitrogens with zero attached hydrogens (tertiary/aromatic N) is 2. The number of pyridine rings is 1. The number of rotatable bonds is 2. The average molecular weight is 461 g/mol. The summed E-state index contributed by atoms with van der Waals surface area (Å²) in [7, 11) is 5.93. The molecule has 3 atom stereocenters. The molecule has 0 spiro atoms. The van der Waals surface area contributed by atoms with E-state index < -0.39 is 47.8 Å². The zero-order valence-electron chi connectivity index (χ0n) is 15.5. The van der Waals surface area contributed by atoms with Gasteiger partial charge in [-0.05, 0) is 42.7 Å². The predicted octanol–water partition coefficient (Wildman–Crippen LogP) is 4.96. The number of carbonyl (C=O) groups is 1. The molecule has 1 aromatic heterocycles. The van der Waals surface area contributed by atoms with Crippen LogP contribution in [0.3, 0.4) is 0 Å². The van der Waals surface area contributed by atoms with E-state index in [0.717, 1.165) is 0 Å². The maximum Gasteiger partial charge on any atom is 0.416 e. The summed E-state index contributed by atoms with van der Waals surface area (Å²) < 4.78 is 84.5. The van der Waals surface area contributed by atoms with Crippen molar-refractivity contribution in [1.29, 1.82) is 0 Å². The number of ether oxygens (including phenoxy) is 1. The normalized spacial score (nSPS) is 23.8. The molecular weight excluding hydrogens is 448 g/mol. The van der Waals surface area contributed by atoms with Crippen molar-refractivity contribution in [1.82, 2.24) is 9.88 Å². The van der Waals surface area contributed by atoms with Gasteiger partial charge in [0.05, 0.1) is 28.9 Å². The Labute approximate surface area is 178 Å². The summed E-state index contributed by atoms with van der Waals surface area (Å²) in [6, 6.07) is 2.72. The standard InChI is InChI=1S/C19H12BClF6N2O2/c20-11-1-4-14(21)28-15(11)12-2-3-13-16(31-17(30)29(12)13)8-5-9(18(22,23)24)7-10(6-8)19(25,26)27/h1,4-7,12-13,16H,2-3H2/t12-,13-,16+/m0/s1. The number of benzene rings is 1. The fourth-order valence-corrected chi connectivity index (χ4v) is 4.23. The van der Waals surface area contributed by atoms with Crippen LogP contribution in [0.5, 0.6) is 0 Å². The highest BCUT2D eigenvalue weighted by Gasteiger charge is 2.51. The van der Waals surface area contributed by atoms with Gasteiger partial charge in [-0.25, -0.2) is 9.78 Å². The number of alkyl halides is 6. The van der Waals surface area contributed by atoms with Crippen LogP contribution in [-0.2, 0) is 17.1 Å². The maximum atomic E-state index is 13.2. The van der Waals surface area contributed by atoms with Crippen LogP contribution in [0.1, 0.15) is 47.4 Å². The van der Waals surface area contributed by atoms with Gasteiger partial charge in [0.25, 0.3) is 0 Å². The van der Waals surface area contributed by atoms with E-state index in [1.807, 2.05) is 0 Å². The highest BCUT2D eigenvalue weighted by molar-refractivity contribution is 6.34. The van der Waals surface area contributed by atoms with Gasteiger partial charge >= 0.3 is 18.4 Å². The average Bonchev–Trinajstić information content (AvgIpc) is 3.23. The van der Waals surface area contributed by atoms with Crippen molar-refractivity contribution in [2.45, 2.75) is 43.4 Å². The lowest BCUT2D eigenvalue weighted by molar-refractivity contribution is -0.143. The topological polar surface area (TPSA) is 42.4 Å². The maximum absolute atomic E-state index is 13.2. The third-order valence-electron chi connectivity index (χ3n) is 5.39. The molecule has 0 bridgehead atoms. The van der Waals surface area contributed by atoms with Crippen molar-refractivity contribution < 1.29 is 35.9 Å². The Bertz CT molecular complexity index is 1010. The lowest BCUT2D eigenvalue weighted by atomic mass is 9.90. The van der Waals surface area contributed by atoms with Crippen LogP contribution < -0.4 is 5.46 Å². The molecule has 0 saturated carbocycles. The van der Waals surface area contributed by atoms with Crippen LogP contribution in [0.2, 0.25) is 5.15 Å². The molecule has 31 heavy (non-hydrogen) atoms. The monoisotopic (exact) mass is 460 g/mol. The zero-order chi connectivity index (χ0) is 22.7. The van der Waals surface area contributed by atoms with Crippen molar-refractivity contribution >= 4 is 31.0 Å². The van der Waals surface area contributed by atoms with Crippen LogP contribution >= 0.6 is 11.6 Å². The Balaban J connectivity index is 1.73. The number of hydrogen-bond donors (Lipinski definition) is 0. The number of hydrogen-bond acceptors (Lipinski definition) is 3. The van der Waals surface area contributed by atoms with E-state index >= 15 is 0 Å². The van der Waals surface area contributed by atoms with Gasteiger partial charge in [0.1, 0.15) is 19.1 Å². The molecule has 3 heterocycles. The first-order valence-corrected chi connectivity index (χ1v) is 9.44. The summed E-state index contributed by atoms with van der Waals surface area (Å²) in [5.74, 6) is 0. The number of halogens is 7. The Morgan fingerprint density at radius 3 is 2.23 bits per heavy atom. The van der Waals surface area contributed by atoms with E-state index in [2.05, 4.69) is 4.98 Å². The van der Waals surface area contributed by atoms with Gasteiger partial charge in [0, 0.05) is 0 Å². The third-order valence-corrected chi connectivity index (χ3v) is 5.61. The molecule has 2 radical (unpaired) electrons. The molecule has 1 amide bonds. The molecule has 2 fully saturated rings. The molecule has 2 aliphatic rings. The van der Waals surface area contributed by atoms with Crippen LogP contribution in [0.4, 0.5) is 31.1 Å². The first-order chi connectivity index (χ1) is 14.4. The number of carbonyl (C=O) groups excluding carboxylic acids is 1. The predicted molar refractivity (Wildman–Crippen MR) is 97.9 cm³/mol. The second-order valence-corrected chi connectivity index (χ2v) is 7.71. The van der Waals surface area contributed by atoms with Gasteiger partial charge in [-0.3, -0.25) is 4.90 Å². The van der Waals surface area contributed by atoms with E-state index in [0.29, 0.717) is 24.2 Å². The Morgan fingerprint density at radius 1 is 1.03 bits per heavy atom. The summed E-state index contributed by atoms with van der Waals surface area (Å²) in [6.45, 7) is 0. The quantitative estimate of drug-likeness (QED) is 0.361. The van der Waals surface area contributed by atoms with Crippen LogP contribution in [0.15, 0.2) is 30.3 Å². The molecule has 12 heteroatoms. The molecule has 0 unspecified atom stereocenters. The fourth-order valence-electron chi connectivity index (χ4n) is 4.08. The summed E-state index contributed by atoms with van der Waals surface area (Å²) >= 11 is 5.90. The summed E-state index contributed by atoms with van der Waals surface area (Å²) in [5.41, 5.74) is -2.77. The first-order valence-electron chi connectivity index (χ1n) is 9.06. The fraction of sp³-hybridized carbons (Fsp3) is 0.368. The second-order valence-electron chi connectivity index (χ2n) is 7.32. The van der Waals surface area contributed by atoms with Crippen molar-refractivity contribution in [2.75, 3.05) is 0 Å². The van der Waals surface area contributed by atoms with E-state index in [9.17, 15) is 31.1 Å².